The fourth-order valence-corrected chi connectivity index (χ4v) is 2.61. The summed E-state index contributed by atoms with van der Waals surface area (Å²) in [4.78, 5) is 14.4. The van der Waals surface area contributed by atoms with Gasteiger partial charge in [-0.1, -0.05) is 20.8 Å². The number of likely N-dealkylation sites (tertiary alicyclic amines) is 1. The van der Waals surface area contributed by atoms with Gasteiger partial charge in [0.15, 0.2) is 0 Å². The lowest BCUT2D eigenvalue weighted by atomic mass is 9.87. The van der Waals surface area contributed by atoms with E-state index >= 15 is 0 Å². The van der Waals surface area contributed by atoms with Crippen molar-refractivity contribution >= 4 is 18.5 Å². The third-order valence-corrected chi connectivity index (χ3v) is 3.89. The zero-order valence-corrected chi connectivity index (χ0v) is 13.3. The van der Waals surface area contributed by atoms with Gasteiger partial charge in [-0.05, 0) is 32.1 Å². The molecule has 0 radical (unpaired) electrons. The van der Waals surface area contributed by atoms with Crippen LogP contribution in [0, 0.1) is 5.41 Å². The number of nitrogens with zero attached hydrogens (tertiary/aromatic N) is 1. The van der Waals surface area contributed by atoms with E-state index in [9.17, 15) is 4.79 Å². The minimum absolute atomic E-state index is 0.0402. The van der Waals surface area contributed by atoms with Crippen molar-refractivity contribution in [2.75, 3.05) is 13.1 Å². The lowest BCUT2D eigenvalue weighted by Gasteiger charge is -2.41. The Hall–Kier alpha value is -0.220. The summed E-state index contributed by atoms with van der Waals surface area (Å²) >= 11 is 4.46. The van der Waals surface area contributed by atoms with Gasteiger partial charge in [-0.2, -0.15) is 12.6 Å². The maximum atomic E-state index is 12.0. The van der Waals surface area contributed by atoms with Crippen LogP contribution in [0.4, 0.5) is 0 Å². The van der Waals surface area contributed by atoms with Gasteiger partial charge in [0.2, 0.25) is 5.91 Å². The van der Waals surface area contributed by atoms with Crippen molar-refractivity contribution in [3.05, 3.63) is 0 Å². The molecule has 3 nitrogen and oxygen atoms in total. The highest BCUT2D eigenvalue weighted by atomic mass is 32.1. The first-order valence-electron chi connectivity index (χ1n) is 6.84. The van der Waals surface area contributed by atoms with Crippen LogP contribution < -0.4 is 5.32 Å². The summed E-state index contributed by atoms with van der Waals surface area (Å²) < 4.78 is 0. The molecule has 0 aliphatic carbocycles. The molecule has 1 aliphatic heterocycles. The van der Waals surface area contributed by atoms with Crippen molar-refractivity contribution in [2.24, 2.45) is 5.41 Å². The smallest absolute Gasteiger partial charge is 0.220 e. The molecule has 1 fully saturated rings. The molecule has 18 heavy (non-hydrogen) atoms. The maximum Gasteiger partial charge on any atom is 0.220 e. The molecule has 1 aliphatic rings. The van der Waals surface area contributed by atoms with E-state index in [1.165, 1.54) is 0 Å². The Balaban J connectivity index is 2.45. The Morgan fingerprint density at radius 2 is 1.89 bits per heavy atom. The van der Waals surface area contributed by atoms with Gasteiger partial charge in [0, 0.05) is 30.4 Å². The van der Waals surface area contributed by atoms with E-state index in [1.807, 2.05) is 0 Å². The second-order valence-corrected chi connectivity index (χ2v) is 7.76. The minimum Gasteiger partial charge on any atom is -0.351 e. The third kappa shape index (κ3) is 5.19. The van der Waals surface area contributed by atoms with Crippen molar-refractivity contribution in [1.82, 2.24) is 10.2 Å². The van der Waals surface area contributed by atoms with Crippen LogP contribution in [-0.4, -0.2) is 34.8 Å². The van der Waals surface area contributed by atoms with Crippen molar-refractivity contribution in [3.63, 3.8) is 0 Å². The van der Waals surface area contributed by atoms with Gasteiger partial charge in [-0.15, -0.1) is 0 Å². The summed E-state index contributed by atoms with van der Waals surface area (Å²) in [5.74, 6) is 0.178. The molecular weight excluding hydrogens is 244 g/mol. The predicted octanol–water partition coefficient (Wildman–Crippen LogP) is 2.67. The van der Waals surface area contributed by atoms with Crippen molar-refractivity contribution in [1.29, 1.82) is 0 Å². The van der Waals surface area contributed by atoms with Gasteiger partial charge in [0.25, 0.3) is 0 Å². The molecule has 0 aromatic rings. The number of hydrogen-bond acceptors (Lipinski definition) is 3. The van der Waals surface area contributed by atoms with E-state index in [4.69, 9.17) is 0 Å². The number of amides is 1. The number of thiol groups is 1. The summed E-state index contributed by atoms with van der Waals surface area (Å²) in [5, 5.41) is 3.53. The second kappa shape index (κ2) is 5.83. The summed E-state index contributed by atoms with van der Waals surface area (Å²) in [6.07, 6.45) is 2.61. The topological polar surface area (TPSA) is 32.3 Å². The molecule has 106 valence electrons. The first-order chi connectivity index (χ1) is 8.11. The van der Waals surface area contributed by atoms with Crippen LogP contribution in [0.15, 0.2) is 0 Å². The van der Waals surface area contributed by atoms with Gasteiger partial charge in [0.05, 0.1) is 0 Å². The van der Waals surface area contributed by atoms with Crippen LogP contribution in [0.2, 0.25) is 0 Å². The van der Waals surface area contributed by atoms with Crippen LogP contribution in [0.3, 0.4) is 0 Å². The minimum atomic E-state index is -0.0402. The summed E-state index contributed by atoms with van der Waals surface area (Å²) in [7, 11) is 0. The molecule has 4 heteroatoms. The fourth-order valence-electron chi connectivity index (χ4n) is 2.38. The average Bonchev–Trinajstić information content (AvgIpc) is 2.13. The number of carbonyl (C=O) groups is 1. The van der Waals surface area contributed by atoms with E-state index in [2.05, 4.69) is 57.5 Å². The molecule has 1 N–H and O–H groups in total. The van der Waals surface area contributed by atoms with Crippen LogP contribution in [-0.2, 0) is 4.79 Å². The number of hydrogen-bond donors (Lipinski definition) is 2. The Morgan fingerprint density at radius 1 is 1.39 bits per heavy atom. The Bertz CT molecular complexity index is 289. The zero-order chi connectivity index (χ0) is 14.0. The number of rotatable bonds is 3. The molecule has 0 spiro atoms. The third-order valence-electron chi connectivity index (χ3n) is 3.56. The average molecular weight is 272 g/mol. The van der Waals surface area contributed by atoms with E-state index in [0.717, 1.165) is 25.9 Å². The lowest BCUT2D eigenvalue weighted by molar-refractivity contribution is -0.125. The highest BCUT2D eigenvalue weighted by Gasteiger charge is 2.32. The van der Waals surface area contributed by atoms with E-state index in [-0.39, 0.29) is 16.9 Å². The zero-order valence-electron chi connectivity index (χ0n) is 12.4. The van der Waals surface area contributed by atoms with Gasteiger partial charge in [-0.25, -0.2) is 0 Å². The molecule has 1 saturated heterocycles. The predicted molar refractivity (Wildman–Crippen MR) is 79.9 cm³/mol. The summed E-state index contributed by atoms with van der Waals surface area (Å²) in [6.45, 7) is 12.6. The SMILES string of the molecule is CC(S)N1CCC(C)(NC(=O)CC(C)(C)C)CC1. The Morgan fingerprint density at radius 3 is 2.28 bits per heavy atom. The number of carbonyl (C=O) groups excluding carboxylic acids is 1. The van der Waals surface area contributed by atoms with Crippen LogP contribution >= 0.6 is 12.6 Å². The molecule has 1 atom stereocenters. The Kier molecular flexibility index (Phi) is 5.13. The molecule has 0 bridgehead atoms. The van der Waals surface area contributed by atoms with Gasteiger partial charge < -0.3 is 5.32 Å². The van der Waals surface area contributed by atoms with Crippen LogP contribution in [0.25, 0.3) is 0 Å². The monoisotopic (exact) mass is 272 g/mol. The molecule has 1 rings (SSSR count). The number of piperidine rings is 1. The van der Waals surface area contributed by atoms with Crippen molar-refractivity contribution < 1.29 is 4.79 Å². The first-order valence-corrected chi connectivity index (χ1v) is 7.36. The largest absolute Gasteiger partial charge is 0.351 e. The molecule has 1 unspecified atom stereocenters. The highest BCUT2D eigenvalue weighted by Crippen LogP contribution is 2.25. The normalized spacial score (nSPS) is 22.6. The lowest BCUT2D eigenvalue weighted by Crippen LogP contribution is -2.54. The van der Waals surface area contributed by atoms with E-state index in [0.29, 0.717) is 11.8 Å². The molecule has 1 amide bonds. The van der Waals surface area contributed by atoms with Gasteiger partial charge in [-0.3, -0.25) is 9.69 Å². The number of nitrogens with one attached hydrogen (secondary N) is 1. The summed E-state index contributed by atoms with van der Waals surface area (Å²) in [6, 6.07) is 0. The first kappa shape index (κ1) is 15.8. The highest BCUT2D eigenvalue weighted by molar-refractivity contribution is 7.80. The van der Waals surface area contributed by atoms with Crippen molar-refractivity contribution in [2.45, 2.75) is 64.8 Å². The van der Waals surface area contributed by atoms with E-state index in [1.54, 1.807) is 0 Å². The summed E-state index contributed by atoms with van der Waals surface area (Å²) in [5.41, 5.74) is 0.0161. The van der Waals surface area contributed by atoms with Gasteiger partial charge in [0.1, 0.15) is 0 Å². The van der Waals surface area contributed by atoms with Crippen LogP contribution in [0.1, 0.15) is 53.9 Å². The Labute approximate surface area is 117 Å². The van der Waals surface area contributed by atoms with Gasteiger partial charge >= 0.3 is 0 Å². The fraction of sp³-hybridized carbons (Fsp3) is 0.929. The quantitative estimate of drug-likeness (QED) is 0.774. The molecule has 0 aromatic carbocycles. The van der Waals surface area contributed by atoms with Crippen molar-refractivity contribution in [3.8, 4) is 0 Å². The maximum absolute atomic E-state index is 12.0. The van der Waals surface area contributed by atoms with E-state index < -0.39 is 0 Å². The second-order valence-electron chi connectivity index (χ2n) is 7.01. The molecule has 1 heterocycles. The molecule has 0 aromatic heterocycles. The standard InChI is InChI=1S/C14H28N2OS/c1-11(18)16-8-6-14(5,7-9-16)15-12(17)10-13(2,3)4/h11,18H,6-10H2,1-5H3,(H,15,17). The molecular formula is C14H28N2OS. The molecule has 0 saturated carbocycles. The van der Waals surface area contributed by atoms with Crippen LogP contribution in [0.5, 0.6) is 0 Å².